The van der Waals surface area contributed by atoms with Crippen molar-refractivity contribution in [3.8, 4) is 0 Å². The van der Waals surface area contributed by atoms with Gasteiger partial charge in [-0.3, -0.25) is 19.1 Å². The quantitative estimate of drug-likeness (QED) is 0.856. The van der Waals surface area contributed by atoms with Crippen molar-refractivity contribution in [2.75, 3.05) is 13.1 Å². The summed E-state index contributed by atoms with van der Waals surface area (Å²) in [6, 6.07) is 3.23. The number of carbonyl (C=O) groups is 2. The van der Waals surface area contributed by atoms with E-state index in [0.717, 1.165) is 24.2 Å². The molecule has 138 valence electrons. The number of hydrogen-bond donors (Lipinski definition) is 2. The first-order chi connectivity index (χ1) is 12.4. The molecule has 0 bridgehead atoms. The number of aliphatic carboxylic acids is 1. The van der Waals surface area contributed by atoms with Crippen LogP contribution in [0.2, 0.25) is 0 Å². The van der Waals surface area contributed by atoms with E-state index in [9.17, 15) is 14.4 Å². The molecule has 1 fully saturated rings. The second kappa shape index (κ2) is 7.15. The highest BCUT2D eigenvalue weighted by Crippen LogP contribution is 2.27. The number of aromatic nitrogens is 3. The Morgan fingerprint density at radius 1 is 1.38 bits per heavy atom. The van der Waals surface area contributed by atoms with Gasteiger partial charge in [-0.2, -0.15) is 5.10 Å². The maximum absolute atomic E-state index is 12.9. The molecule has 0 aromatic carbocycles. The van der Waals surface area contributed by atoms with Gasteiger partial charge < -0.3 is 15.0 Å². The van der Waals surface area contributed by atoms with Gasteiger partial charge in [0.1, 0.15) is 12.1 Å². The highest BCUT2D eigenvalue weighted by atomic mass is 16.4. The maximum atomic E-state index is 12.9. The number of likely N-dealkylation sites (tertiary alicyclic amines) is 1. The third-order valence-electron chi connectivity index (χ3n) is 4.73. The fourth-order valence-electron chi connectivity index (χ4n) is 3.62. The van der Waals surface area contributed by atoms with Gasteiger partial charge in [-0.15, -0.1) is 0 Å². The topological polar surface area (TPSA) is 108 Å². The van der Waals surface area contributed by atoms with Crippen LogP contribution in [-0.2, 0) is 11.3 Å². The molecule has 26 heavy (non-hydrogen) atoms. The first-order valence-electron chi connectivity index (χ1n) is 8.60. The molecule has 2 aromatic rings. The number of nitrogens with zero attached hydrogens (tertiary/aromatic N) is 3. The van der Waals surface area contributed by atoms with Crippen molar-refractivity contribution in [1.82, 2.24) is 19.7 Å². The van der Waals surface area contributed by atoms with Gasteiger partial charge in [0.15, 0.2) is 5.43 Å². The molecule has 0 aliphatic carbocycles. The zero-order valence-electron chi connectivity index (χ0n) is 14.9. The summed E-state index contributed by atoms with van der Waals surface area (Å²) in [5.41, 5.74) is 1.99. The van der Waals surface area contributed by atoms with Gasteiger partial charge in [0.2, 0.25) is 0 Å². The minimum absolute atomic E-state index is 0.000568. The molecule has 1 aliphatic rings. The molecular weight excluding hydrogens is 336 g/mol. The number of carboxylic acid groups (broad SMARTS) is 1. The van der Waals surface area contributed by atoms with Gasteiger partial charge in [0.05, 0.1) is 0 Å². The Kier molecular flexibility index (Phi) is 4.92. The van der Waals surface area contributed by atoms with E-state index in [0.29, 0.717) is 18.8 Å². The Morgan fingerprint density at radius 3 is 2.85 bits per heavy atom. The Balaban J connectivity index is 1.83. The summed E-state index contributed by atoms with van der Waals surface area (Å²) in [5, 5.41) is 13.1. The smallest absolute Gasteiger partial charge is 0.325 e. The number of carboxylic acids is 1. The summed E-state index contributed by atoms with van der Waals surface area (Å²) in [6.45, 7) is 4.32. The molecule has 1 amide bonds. The number of hydrogen-bond acceptors (Lipinski definition) is 4. The summed E-state index contributed by atoms with van der Waals surface area (Å²) in [4.78, 5) is 40.9. The van der Waals surface area contributed by atoms with Crippen molar-refractivity contribution in [3.63, 3.8) is 0 Å². The standard InChI is InChI=1S/C18H22N4O4/c1-11-8-15(23)17(12(2)20-11)18(26)21-7-3-4-13(9-21)14-5-6-19-22(14)10-16(24)25/h5-6,8,13H,3-4,7,9-10H2,1-2H3,(H,20,23)(H,24,25). The van der Waals surface area contributed by atoms with Crippen molar-refractivity contribution in [3.05, 3.63) is 51.2 Å². The number of rotatable bonds is 4. The molecule has 0 spiro atoms. The fraction of sp³-hybridized carbons (Fsp3) is 0.444. The van der Waals surface area contributed by atoms with Crippen molar-refractivity contribution in [2.24, 2.45) is 0 Å². The molecule has 1 saturated heterocycles. The highest BCUT2D eigenvalue weighted by Gasteiger charge is 2.29. The van der Waals surface area contributed by atoms with Gasteiger partial charge in [-0.05, 0) is 32.8 Å². The summed E-state index contributed by atoms with van der Waals surface area (Å²) in [7, 11) is 0. The van der Waals surface area contributed by atoms with E-state index in [1.807, 2.05) is 0 Å². The molecule has 3 rings (SSSR count). The van der Waals surface area contributed by atoms with E-state index in [2.05, 4.69) is 10.1 Å². The summed E-state index contributed by atoms with van der Waals surface area (Å²) in [5.74, 6) is -1.24. The summed E-state index contributed by atoms with van der Waals surface area (Å²) >= 11 is 0. The molecule has 8 heteroatoms. The molecule has 1 unspecified atom stereocenters. The van der Waals surface area contributed by atoms with Crippen LogP contribution >= 0.6 is 0 Å². The van der Waals surface area contributed by atoms with Gasteiger partial charge in [-0.25, -0.2) is 0 Å². The van der Waals surface area contributed by atoms with Crippen LogP contribution in [0.1, 0.15) is 46.2 Å². The van der Waals surface area contributed by atoms with Crippen LogP contribution in [-0.4, -0.2) is 49.7 Å². The van der Waals surface area contributed by atoms with Gasteiger partial charge in [0, 0.05) is 48.4 Å². The second-order valence-electron chi connectivity index (χ2n) is 6.71. The normalized spacial score (nSPS) is 17.3. The predicted octanol–water partition coefficient (Wildman–Crippen LogP) is 1.29. The lowest BCUT2D eigenvalue weighted by Gasteiger charge is -2.33. The van der Waals surface area contributed by atoms with Crippen LogP contribution in [0.25, 0.3) is 0 Å². The lowest BCUT2D eigenvalue weighted by Crippen LogP contribution is -2.42. The number of carbonyl (C=O) groups excluding carboxylic acids is 1. The Labute approximate surface area is 150 Å². The fourth-order valence-corrected chi connectivity index (χ4v) is 3.62. The SMILES string of the molecule is Cc1cc(=O)c(C(=O)N2CCCC(c3ccnn3CC(=O)O)C2)c(C)[nH]1. The summed E-state index contributed by atoms with van der Waals surface area (Å²) < 4.78 is 1.46. The molecular formula is C18H22N4O4. The van der Waals surface area contributed by atoms with E-state index in [1.54, 1.807) is 31.0 Å². The predicted molar refractivity (Wildman–Crippen MR) is 94.3 cm³/mol. The average molecular weight is 358 g/mol. The zero-order valence-corrected chi connectivity index (χ0v) is 14.9. The minimum Gasteiger partial charge on any atom is -0.480 e. The second-order valence-corrected chi connectivity index (χ2v) is 6.71. The van der Waals surface area contributed by atoms with Crippen LogP contribution in [0.3, 0.4) is 0 Å². The molecule has 1 aliphatic heterocycles. The summed E-state index contributed by atoms with van der Waals surface area (Å²) in [6.07, 6.45) is 3.21. The molecule has 0 radical (unpaired) electrons. The molecule has 2 N–H and O–H groups in total. The van der Waals surface area contributed by atoms with E-state index in [-0.39, 0.29) is 29.4 Å². The third kappa shape index (κ3) is 3.54. The maximum Gasteiger partial charge on any atom is 0.325 e. The first-order valence-corrected chi connectivity index (χ1v) is 8.60. The molecule has 2 aromatic heterocycles. The largest absolute Gasteiger partial charge is 0.480 e. The third-order valence-corrected chi connectivity index (χ3v) is 4.73. The highest BCUT2D eigenvalue weighted by molar-refractivity contribution is 5.95. The van der Waals surface area contributed by atoms with Crippen LogP contribution < -0.4 is 5.43 Å². The van der Waals surface area contributed by atoms with Crippen molar-refractivity contribution < 1.29 is 14.7 Å². The molecule has 8 nitrogen and oxygen atoms in total. The minimum atomic E-state index is -0.958. The average Bonchev–Trinajstić information content (AvgIpc) is 3.01. The number of H-pyrrole nitrogens is 1. The Bertz CT molecular complexity index is 899. The van der Waals surface area contributed by atoms with Gasteiger partial charge in [-0.1, -0.05) is 0 Å². The Hall–Kier alpha value is -2.90. The number of aromatic amines is 1. The van der Waals surface area contributed by atoms with Crippen LogP contribution in [0, 0.1) is 13.8 Å². The molecule has 0 saturated carbocycles. The molecule has 1 atom stereocenters. The number of piperidine rings is 1. The number of pyridine rings is 1. The van der Waals surface area contributed by atoms with Crippen molar-refractivity contribution in [2.45, 2.75) is 39.2 Å². The van der Waals surface area contributed by atoms with Gasteiger partial charge >= 0.3 is 5.97 Å². The number of aryl methyl sites for hydroxylation is 2. The van der Waals surface area contributed by atoms with Crippen molar-refractivity contribution >= 4 is 11.9 Å². The lowest BCUT2D eigenvalue weighted by atomic mass is 9.94. The van der Waals surface area contributed by atoms with Crippen LogP contribution in [0.4, 0.5) is 0 Å². The number of nitrogens with one attached hydrogen (secondary N) is 1. The van der Waals surface area contributed by atoms with E-state index in [1.165, 1.54) is 10.7 Å². The first kappa shape index (κ1) is 17.9. The van der Waals surface area contributed by atoms with E-state index in [4.69, 9.17) is 5.11 Å². The van der Waals surface area contributed by atoms with Crippen LogP contribution in [0.15, 0.2) is 23.1 Å². The monoisotopic (exact) mass is 358 g/mol. The lowest BCUT2D eigenvalue weighted by molar-refractivity contribution is -0.137. The van der Waals surface area contributed by atoms with Gasteiger partial charge in [0.25, 0.3) is 5.91 Å². The Morgan fingerprint density at radius 2 is 2.15 bits per heavy atom. The number of amides is 1. The van der Waals surface area contributed by atoms with E-state index < -0.39 is 5.97 Å². The van der Waals surface area contributed by atoms with E-state index >= 15 is 0 Å². The molecule has 3 heterocycles. The van der Waals surface area contributed by atoms with Crippen LogP contribution in [0.5, 0.6) is 0 Å². The zero-order chi connectivity index (χ0) is 18.8. The van der Waals surface area contributed by atoms with Crippen molar-refractivity contribution in [1.29, 1.82) is 0 Å².